The van der Waals surface area contributed by atoms with Crippen molar-refractivity contribution in [1.29, 1.82) is 0 Å². The fourth-order valence-electron chi connectivity index (χ4n) is 1.55. The molecule has 1 aliphatic heterocycles. The van der Waals surface area contributed by atoms with Gasteiger partial charge in [-0.1, -0.05) is 13.8 Å². The lowest BCUT2D eigenvalue weighted by molar-refractivity contribution is -0.133. The van der Waals surface area contributed by atoms with Crippen molar-refractivity contribution in [3.05, 3.63) is 0 Å². The van der Waals surface area contributed by atoms with E-state index in [9.17, 15) is 4.79 Å². The molecule has 2 atom stereocenters. The van der Waals surface area contributed by atoms with Crippen LogP contribution in [-0.4, -0.2) is 30.4 Å². The van der Waals surface area contributed by atoms with Crippen molar-refractivity contribution in [1.82, 2.24) is 4.90 Å². The molecular formula is C9H18N2O. The standard InChI is InChI=1S/C9H18N2O/c1-7-3-4-11(6-7)9(12)8(2)5-10/h7-8H,3-6,10H2,1-2H3. The zero-order valence-corrected chi connectivity index (χ0v) is 7.92. The molecule has 1 amide bonds. The minimum Gasteiger partial charge on any atom is -0.342 e. The monoisotopic (exact) mass is 170 g/mol. The van der Waals surface area contributed by atoms with Crippen LogP contribution in [0.2, 0.25) is 0 Å². The van der Waals surface area contributed by atoms with E-state index in [1.54, 1.807) is 0 Å². The molecule has 1 rings (SSSR count). The van der Waals surface area contributed by atoms with Crippen molar-refractivity contribution >= 4 is 5.91 Å². The fraction of sp³-hybridized carbons (Fsp3) is 0.889. The van der Waals surface area contributed by atoms with Crippen LogP contribution in [-0.2, 0) is 4.79 Å². The summed E-state index contributed by atoms with van der Waals surface area (Å²) in [6, 6.07) is 0. The maximum absolute atomic E-state index is 11.6. The van der Waals surface area contributed by atoms with Crippen LogP contribution in [0.1, 0.15) is 20.3 Å². The van der Waals surface area contributed by atoms with Gasteiger partial charge in [0, 0.05) is 25.6 Å². The average molecular weight is 170 g/mol. The Labute approximate surface area is 73.9 Å². The molecular weight excluding hydrogens is 152 g/mol. The maximum atomic E-state index is 11.6. The lowest BCUT2D eigenvalue weighted by Crippen LogP contribution is -2.36. The molecule has 0 saturated carbocycles. The van der Waals surface area contributed by atoms with E-state index in [-0.39, 0.29) is 11.8 Å². The summed E-state index contributed by atoms with van der Waals surface area (Å²) in [5.41, 5.74) is 5.43. The maximum Gasteiger partial charge on any atom is 0.226 e. The highest BCUT2D eigenvalue weighted by Crippen LogP contribution is 2.16. The molecule has 1 fully saturated rings. The van der Waals surface area contributed by atoms with Crippen LogP contribution in [0.4, 0.5) is 0 Å². The SMILES string of the molecule is CC1CCN(C(=O)C(C)CN)C1. The van der Waals surface area contributed by atoms with Crippen LogP contribution in [0.3, 0.4) is 0 Å². The zero-order valence-electron chi connectivity index (χ0n) is 7.92. The molecule has 0 radical (unpaired) electrons. The number of likely N-dealkylation sites (tertiary alicyclic amines) is 1. The Hall–Kier alpha value is -0.570. The van der Waals surface area contributed by atoms with Crippen LogP contribution >= 0.6 is 0 Å². The Kier molecular flexibility index (Phi) is 3.09. The largest absolute Gasteiger partial charge is 0.342 e. The molecule has 3 nitrogen and oxygen atoms in total. The molecule has 1 heterocycles. The predicted molar refractivity (Wildman–Crippen MR) is 48.6 cm³/mol. The summed E-state index contributed by atoms with van der Waals surface area (Å²) in [7, 11) is 0. The number of hydrogen-bond donors (Lipinski definition) is 1. The first kappa shape index (κ1) is 9.52. The van der Waals surface area contributed by atoms with Crippen molar-refractivity contribution in [3.63, 3.8) is 0 Å². The fourth-order valence-corrected chi connectivity index (χ4v) is 1.55. The number of rotatable bonds is 2. The second-order valence-corrected chi connectivity index (χ2v) is 3.81. The molecule has 12 heavy (non-hydrogen) atoms. The Morgan fingerprint density at radius 2 is 2.42 bits per heavy atom. The van der Waals surface area contributed by atoms with Gasteiger partial charge >= 0.3 is 0 Å². The number of nitrogens with two attached hydrogens (primary N) is 1. The second-order valence-electron chi connectivity index (χ2n) is 3.81. The first-order valence-corrected chi connectivity index (χ1v) is 4.64. The van der Waals surface area contributed by atoms with E-state index in [0.29, 0.717) is 12.5 Å². The molecule has 0 bridgehead atoms. The topological polar surface area (TPSA) is 46.3 Å². The van der Waals surface area contributed by atoms with Gasteiger partial charge in [-0.15, -0.1) is 0 Å². The van der Waals surface area contributed by atoms with Gasteiger partial charge in [0.1, 0.15) is 0 Å². The van der Waals surface area contributed by atoms with Crippen LogP contribution < -0.4 is 5.73 Å². The van der Waals surface area contributed by atoms with Gasteiger partial charge in [0.2, 0.25) is 5.91 Å². The molecule has 1 aliphatic rings. The smallest absolute Gasteiger partial charge is 0.226 e. The van der Waals surface area contributed by atoms with E-state index in [4.69, 9.17) is 5.73 Å². The van der Waals surface area contributed by atoms with Crippen LogP contribution in [0.5, 0.6) is 0 Å². The van der Waals surface area contributed by atoms with Crippen LogP contribution in [0.15, 0.2) is 0 Å². The van der Waals surface area contributed by atoms with Gasteiger partial charge in [0.05, 0.1) is 0 Å². The zero-order chi connectivity index (χ0) is 9.14. The van der Waals surface area contributed by atoms with Gasteiger partial charge in [0.25, 0.3) is 0 Å². The summed E-state index contributed by atoms with van der Waals surface area (Å²) >= 11 is 0. The summed E-state index contributed by atoms with van der Waals surface area (Å²) in [6.45, 7) is 6.38. The van der Waals surface area contributed by atoms with E-state index in [1.165, 1.54) is 0 Å². The van der Waals surface area contributed by atoms with E-state index >= 15 is 0 Å². The normalized spacial score (nSPS) is 25.9. The third-order valence-electron chi connectivity index (χ3n) is 2.51. The third-order valence-corrected chi connectivity index (χ3v) is 2.51. The van der Waals surface area contributed by atoms with E-state index in [2.05, 4.69) is 6.92 Å². The van der Waals surface area contributed by atoms with Crippen molar-refractivity contribution in [2.24, 2.45) is 17.6 Å². The molecule has 2 N–H and O–H groups in total. The molecule has 2 unspecified atom stereocenters. The molecule has 0 aliphatic carbocycles. The molecule has 1 saturated heterocycles. The van der Waals surface area contributed by atoms with Crippen molar-refractivity contribution in [2.45, 2.75) is 20.3 Å². The van der Waals surface area contributed by atoms with Gasteiger partial charge in [0.15, 0.2) is 0 Å². The van der Waals surface area contributed by atoms with Gasteiger partial charge in [-0.05, 0) is 12.3 Å². The molecule has 0 aromatic heterocycles. The van der Waals surface area contributed by atoms with Gasteiger partial charge < -0.3 is 10.6 Å². The number of carbonyl (C=O) groups excluding carboxylic acids is 1. The van der Waals surface area contributed by atoms with Crippen molar-refractivity contribution in [3.8, 4) is 0 Å². The van der Waals surface area contributed by atoms with Crippen molar-refractivity contribution < 1.29 is 4.79 Å². The van der Waals surface area contributed by atoms with E-state index in [1.807, 2.05) is 11.8 Å². The van der Waals surface area contributed by atoms with Gasteiger partial charge in [-0.25, -0.2) is 0 Å². The summed E-state index contributed by atoms with van der Waals surface area (Å²) in [4.78, 5) is 13.5. The molecule has 0 aromatic carbocycles. The third kappa shape index (κ3) is 1.97. The number of hydrogen-bond acceptors (Lipinski definition) is 2. The Balaban J connectivity index is 2.43. The van der Waals surface area contributed by atoms with Crippen LogP contribution in [0.25, 0.3) is 0 Å². The first-order valence-electron chi connectivity index (χ1n) is 4.64. The molecule has 0 spiro atoms. The highest BCUT2D eigenvalue weighted by molar-refractivity contribution is 5.78. The predicted octanol–water partition coefficient (Wildman–Crippen LogP) is 0.450. The number of amides is 1. The highest BCUT2D eigenvalue weighted by Gasteiger charge is 2.25. The lowest BCUT2D eigenvalue weighted by Gasteiger charge is -2.19. The number of carbonyl (C=O) groups is 1. The van der Waals surface area contributed by atoms with Crippen LogP contribution in [0, 0.1) is 11.8 Å². The number of nitrogens with zero attached hydrogens (tertiary/aromatic N) is 1. The summed E-state index contributed by atoms with van der Waals surface area (Å²) < 4.78 is 0. The van der Waals surface area contributed by atoms with Gasteiger partial charge in [-0.3, -0.25) is 4.79 Å². The summed E-state index contributed by atoms with van der Waals surface area (Å²) in [6.07, 6.45) is 1.14. The highest BCUT2D eigenvalue weighted by atomic mass is 16.2. The molecule has 0 aromatic rings. The quantitative estimate of drug-likeness (QED) is 0.654. The first-order chi connectivity index (χ1) is 5.65. The summed E-state index contributed by atoms with van der Waals surface area (Å²) in [5.74, 6) is 0.885. The lowest BCUT2D eigenvalue weighted by atomic mass is 10.1. The Morgan fingerprint density at radius 1 is 1.75 bits per heavy atom. The van der Waals surface area contributed by atoms with Crippen molar-refractivity contribution in [2.75, 3.05) is 19.6 Å². The minimum absolute atomic E-state index is 0.00435. The van der Waals surface area contributed by atoms with E-state index in [0.717, 1.165) is 19.5 Å². The Morgan fingerprint density at radius 3 is 2.83 bits per heavy atom. The second kappa shape index (κ2) is 3.90. The van der Waals surface area contributed by atoms with Gasteiger partial charge in [-0.2, -0.15) is 0 Å². The molecule has 3 heteroatoms. The minimum atomic E-state index is -0.00435. The molecule has 70 valence electrons. The Bertz CT molecular complexity index is 170. The summed E-state index contributed by atoms with van der Waals surface area (Å²) in [5, 5.41) is 0. The average Bonchev–Trinajstić information content (AvgIpc) is 2.49. The van der Waals surface area contributed by atoms with E-state index < -0.39 is 0 Å².